The molecule has 31 heavy (non-hydrogen) atoms. The van der Waals surface area contributed by atoms with Gasteiger partial charge in [-0.05, 0) is 74.2 Å². The van der Waals surface area contributed by atoms with Crippen LogP contribution in [0, 0.1) is 0 Å². The van der Waals surface area contributed by atoms with Gasteiger partial charge in [-0.1, -0.05) is 52.0 Å². The van der Waals surface area contributed by atoms with Gasteiger partial charge in [-0.2, -0.15) is 0 Å². The number of thioether (sulfide) groups is 1. The molecule has 0 saturated carbocycles. The normalized spacial score (nSPS) is 15.0. The topological polar surface area (TPSA) is 58.6 Å². The van der Waals surface area contributed by atoms with Gasteiger partial charge in [-0.3, -0.25) is 14.5 Å². The lowest BCUT2D eigenvalue weighted by molar-refractivity contribution is -0.122. The van der Waals surface area contributed by atoms with Crippen molar-refractivity contribution in [2.24, 2.45) is 0 Å². The highest BCUT2D eigenvalue weighted by molar-refractivity contribution is 9.11. The molecule has 10 heteroatoms. The molecule has 0 radical (unpaired) electrons. The Kier molecular flexibility index (Phi) is 8.74. The van der Waals surface area contributed by atoms with Crippen molar-refractivity contribution in [1.82, 2.24) is 4.90 Å². The summed E-state index contributed by atoms with van der Waals surface area (Å²) in [6, 6.07) is 11.2. The second-order valence-electron chi connectivity index (χ2n) is 6.51. The lowest BCUT2D eigenvalue weighted by atomic mass is 10.2. The summed E-state index contributed by atoms with van der Waals surface area (Å²) < 4.78 is 8.14. The van der Waals surface area contributed by atoms with Crippen LogP contribution in [0.25, 0.3) is 6.08 Å². The summed E-state index contributed by atoms with van der Waals surface area (Å²) in [6.45, 7) is 0.385. The zero-order valence-corrected chi connectivity index (χ0v) is 22.7. The van der Waals surface area contributed by atoms with Crippen molar-refractivity contribution in [2.45, 2.75) is 12.8 Å². The molecule has 0 unspecified atom stereocenters. The van der Waals surface area contributed by atoms with E-state index in [1.165, 1.54) is 11.8 Å². The molecular formula is C21H17Br3N2O3S2. The fourth-order valence-corrected chi connectivity index (χ4v) is 6.60. The number of thiocarbonyl (C=S) groups is 1. The van der Waals surface area contributed by atoms with Crippen molar-refractivity contribution in [3.05, 3.63) is 60.3 Å². The van der Waals surface area contributed by atoms with Gasteiger partial charge >= 0.3 is 0 Å². The molecule has 2 amide bonds. The van der Waals surface area contributed by atoms with Gasteiger partial charge in [0.25, 0.3) is 5.91 Å². The molecular weight excluding hydrogens is 632 g/mol. The lowest BCUT2D eigenvalue weighted by Gasteiger charge is -2.14. The molecule has 0 spiro atoms. The third kappa shape index (κ3) is 6.41. The number of carbonyl (C=O) groups is 2. The molecule has 2 aromatic carbocycles. The van der Waals surface area contributed by atoms with E-state index in [-0.39, 0.29) is 18.2 Å². The molecule has 0 aromatic heterocycles. The van der Waals surface area contributed by atoms with Gasteiger partial charge in [-0.25, -0.2) is 0 Å². The molecule has 0 atom stereocenters. The molecule has 5 nitrogen and oxygen atoms in total. The number of nitrogens with zero attached hydrogens (tertiary/aromatic N) is 1. The maximum absolute atomic E-state index is 12.8. The molecule has 162 valence electrons. The van der Waals surface area contributed by atoms with Crippen LogP contribution < -0.4 is 10.1 Å². The smallest absolute Gasteiger partial charge is 0.266 e. The van der Waals surface area contributed by atoms with E-state index in [1.807, 2.05) is 36.4 Å². The van der Waals surface area contributed by atoms with Crippen LogP contribution in [0.5, 0.6) is 5.75 Å². The van der Waals surface area contributed by atoms with Crippen molar-refractivity contribution in [3.8, 4) is 5.75 Å². The summed E-state index contributed by atoms with van der Waals surface area (Å²) in [5.41, 5.74) is 1.53. The zero-order chi connectivity index (χ0) is 22.5. The molecule has 3 rings (SSSR count). The van der Waals surface area contributed by atoms with E-state index in [1.54, 1.807) is 18.1 Å². The van der Waals surface area contributed by atoms with Gasteiger partial charge in [0.15, 0.2) is 0 Å². The third-order valence-electron chi connectivity index (χ3n) is 4.32. The SMILES string of the molecule is COc1cccc(C=C2SC(=S)N(CCCC(=O)Nc3c(Br)cc(Br)cc3Br)C2=O)c1. The minimum absolute atomic E-state index is 0.138. The first-order valence-corrected chi connectivity index (χ1v) is 12.7. The van der Waals surface area contributed by atoms with Gasteiger partial charge in [0, 0.05) is 26.4 Å². The van der Waals surface area contributed by atoms with Crippen LogP contribution in [0.2, 0.25) is 0 Å². The average molecular weight is 649 g/mol. The number of anilines is 1. The highest BCUT2D eigenvalue weighted by Gasteiger charge is 2.31. The first-order chi connectivity index (χ1) is 14.8. The minimum atomic E-state index is -0.142. The maximum Gasteiger partial charge on any atom is 0.266 e. The number of carbonyl (C=O) groups excluding carboxylic acids is 2. The first kappa shape index (κ1) is 24.4. The van der Waals surface area contributed by atoms with Crippen LogP contribution in [-0.2, 0) is 9.59 Å². The van der Waals surface area contributed by atoms with Crippen LogP contribution in [0.1, 0.15) is 18.4 Å². The number of nitrogens with one attached hydrogen (secondary N) is 1. The molecule has 1 aliphatic heterocycles. The van der Waals surface area contributed by atoms with E-state index in [2.05, 4.69) is 53.1 Å². The summed E-state index contributed by atoms with van der Waals surface area (Å²) in [5.74, 6) is 0.442. The van der Waals surface area contributed by atoms with Crippen molar-refractivity contribution in [3.63, 3.8) is 0 Å². The monoisotopic (exact) mass is 646 g/mol. The molecule has 1 aliphatic rings. The van der Waals surface area contributed by atoms with Crippen LogP contribution in [-0.4, -0.2) is 34.7 Å². The minimum Gasteiger partial charge on any atom is -0.497 e. The summed E-state index contributed by atoms with van der Waals surface area (Å²) in [6.07, 6.45) is 2.56. The van der Waals surface area contributed by atoms with Crippen LogP contribution in [0.4, 0.5) is 5.69 Å². The number of hydrogen-bond donors (Lipinski definition) is 1. The number of hydrogen-bond acceptors (Lipinski definition) is 5. The number of ether oxygens (including phenoxy) is 1. The van der Waals surface area contributed by atoms with E-state index in [9.17, 15) is 9.59 Å². The van der Waals surface area contributed by atoms with Gasteiger partial charge in [0.1, 0.15) is 10.1 Å². The standard InChI is InChI=1S/C21H17Br3N2O3S2/c1-29-14-5-2-4-12(8-14)9-17-20(28)26(21(30)31-17)7-3-6-18(27)25-19-15(23)10-13(22)11-16(19)24/h2,4-5,8-11H,3,6-7H2,1H3,(H,25,27). The van der Waals surface area contributed by atoms with Crippen molar-refractivity contribution in [1.29, 1.82) is 0 Å². The second-order valence-corrected chi connectivity index (χ2v) is 10.8. The van der Waals surface area contributed by atoms with E-state index in [0.717, 1.165) is 24.7 Å². The Morgan fingerprint density at radius 2 is 1.94 bits per heavy atom. The molecule has 1 fully saturated rings. The van der Waals surface area contributed by atoms with E-state index in [0.29, 0.717) is 27.9 Å². The Balaban J connectivity index is 1.57. The third-order valence-corrected chi connectivity index (χ3v) is 7.41. The lowest BCUT2D eigenvalue weighted by Crippen LogP contribution is -2.29. The van der Waals surface area contributed by atoms with Gasteiger partial charge in [0.2, 0.25) is 5.91 Å². The number of halogens is 3. The number of amides is 2. The fourth-order valence-electron chi connectivity index (χ4n) is 2.84. The quantitative estimate of drug-likeness (QED) is 0.271. The van der Waals surface area contributed by atoms with E-state index < -0.39 is 0 Å². The molecule has 1 N–H and O–H groups in total. The Bertz CT molecular complexity index is 1050. The zero-order valence-electron chi connectivity index (χ0n) is 16.3. The molecule has 1 heterocycles. The highest BCUT2D eigenvalue weighted by Crippen LogP contribution is 2.35. The largest absolute Gasteiger partial charge is 0.497 e. The first-order valence-electron chi connectivity index (χ1n) is 9.12. The Hall–Kier alpha value is -1.20. The van der Waals surface area contributed by atoms with E-state index in [4.69, 9.17) is 17.0 Å². The van der Waals surface area contributed by atoms with Gasteiger partial charge < -0.3 is 10.1 Å². The van der Waals surface area contributed by atoms with Crippen LogP contribution in [0.15, 0.2) is 54.7 Å². The summed E-state index contributed by atoms with van der Waals surface area (Å²) >= 11 is 16.9. The average Bonchev–Trinajstić information content (AvgIpc) is 2.98. The van der Waals surface area contributed by atoms with Crippen molar-refractivity contribution in [2.75, 3.05) is 19.0 Å². The van der Waals surface area contributed by atoms with Gasteiger partial charge in [-0.15, -0.1) is 0 Å². The Morgan fingerprint density at radius 3 is 2.61 bits per heavy atom. The second kappa shape index (κ2) is 11.1. The fraction of sp³-hybridized carbons (Fsp3) is 0.190. The Labute approximate surface area is 215 Å². The number of benzene rings is 2. The van der Waals surface area contributed by atoms with Gasteiger partial charge in [0.05, 0.1) is 17.7 Å². The van der Waals surface area contributed by atoms with Crippen molar-refractivity contribution >= 4 is 99.7 Å². The predicted octanol–water partition coefficient (Wildman–Crippen LogP) is 6.60. The molecule has 2 aromatic rings. The molecule has 0 aliphatic carbocycles. The van der Waals surface area contributed by atoms with E-state index >= 15 is 0 Å². The number of rotatable bonds is 7. The predicted molar refractivity (Wildman–Crippen MR) is 140 cm³/mol. The maximum atomic E-state index is 12.8. The Morgan fingerprint density at radius 1 is 1.23 bits per heavy atom. The summed E-state index contributed by atoms with van der Waals surface area (Å²) in [4.78, 5) is 27.2. The highest BCUT2D eigenvalue weighted by atomic mass is 79.9. The summed E-state index contributed by atoms with van der Waals surface area (Å²) in [5, 5.41) is 2.89. The van der Waals surface area contributed by atoms with Crippen LogP contribution in [0.3, 0.4) is 0 Å². The van der Waals surface area contributed by atoms with Crippen LogP contribution >= 0.6 is 71.8 Å². The molecule has 0 bridgehead atoms. The number of methoxy groups -OCH3 is 1. The summed E-state index contributed by atoms with van der Waals surface area (Å²) in [7, 11) is 1.60. The molecule has 1 saturated heterocycles. The van der Waals surface area contributed by atoms with Crippen molar-refractivity contribution < 1.29 is 14.3 Å².